The largest absolute Gasteiger partial charge is 0.365 e. The summed E-state index contributed by atoms with van der Waals surface area (Å²) in [4.78, 5) is 16.6. The molecule has 0 saturated heterocycles. The lowest BCUT2D eigenvalue weighted by Gasteiger charge is -2.18. The standard InChI is InChI=1S/C14H13N3O2/c18-17(19)13-6-5-12(15-9-13)10-16-8-7-11-3-1-2-4-14(11)16/h1-6,9H,7-8,10H2. The molecule has 0 N–H and O–H groups in total. The van der Waals surface area contributed by atoms with Gasteiger partial charge in [0.05, 0.1) is 17.2 Å². The van der Waals surface area contributed by atoms with Gasteiger partial charge in [-0.05, 0) is 24.1 Å². The van der Waals surface area contributed by atoms with Crippen LogP contribution in [0.1, 0.15) is 11.3 Å². The van der Waals surface area contributed by atoms with E-state index in [2.05, 4.69) is 22.0 Å². The molecule has 3 rings (SSSR count). The fourth-order valence-electron chi connectivity index (χ4n) is 2.38. The number of anilines is 1. The predicted octanol–water partition coefficient (Wildman–Crippen LogP) is 2.55. The Morgan fingerprint density at radius 2 is 2.11 bits per heavy atom. The Bertz CT molecular complexity index is 610. The van der Waals surface area contributed by atoms with Crippen LogP contribution in [0.15, 0.2) is 42.6 Å². The number of nitrogens with zero attached hydrogens (tertiary/aromatic N) is 3. The lowest BCUT2D eigenvalue weighted by Crippen LogP contribution is -2.20. The van der Waals surface area contributed by atoms with E-state index in [9.17, 15) is 10.1 Å². The maximum atomic E-state index is 10.6. The van der Waals surface area contributed by atoms with Gasteiger partial charge in [0.2, 0.25) is 0 Å². The van der Waals surface area contributed by atoms with Crippen molar-refractivity contribution >= 4 is 11.4 Å². The second-order valence-corrected chi connectivity index (χ2v) is 4.57. The fraction of sp³-hybridized carbons (Fsp3) is 0.214. The molecular formula is C14H13N3O2. The number of hydrogen-bond acceptors (Lipinski definition) is 4. The van der Waals surface area contributed by atoms with E-state index in [1.54, 1.807) is 6.07 Å². The van der Waals surface area contributed by atoms with Gasteiger partial charge in [-0.3, -0.25) is 15.1 Å². The smallest absolute Gasteiger partial charge is 0.287 e. The van der Waals surface area contributed by atoms with Crippen molar-refractivity contribution in [3.05, 3.63) is 64.0 Å². The molecule has 0 saturated carbocycles. The summed E-state index contributed by atoms with van der Waals surface area (Å²) in [5.41, 5.74) is 3.47. The Labute approximate surface area is 110 Å². The van der Waals surface area contributed by atoms with Crippen LogP contribution in [0.2, 0.25) is 0 Å². The molecule has 0 fully saturated rings. The normalized spacial score (nSPS) is 13.4. The molecule has 0 atom stereocenters. The van der Waals surface area contributed by atoms with E-state index in [-0.39, 0.29) is 5.69 Å². The van der Waals surface area contributed by atoms with Crippen molar-refractivity contribution in [1.29, 1.82) is 0 Å². The number of aromatic nitrogens is 1. The molecule has 19 heavy (non-hydrogen) atoms. The molecule has 1 aromatic carbocycles. The molecule has 0 bridgehead atoms. The van der Waals surface area contributed by atoms with E-state index in [0.29, 0.717) is 6.54 Å². The van der Waals surface area contributed by atoms with Gasteiger partial charge in [-0.15, -0.1) is 0 Å². The minimum Gasteiger partial charge on any atom is -0.365 e. The second kappa shape index (κ2) is 4.68. The summed E-state index contributed by atoms with van der Waals surface area (Å²) in [6.07, 6.45) is 2.36. The van der Waals surface area contributed by atoms with Gasteiger partial charge >= 0.3 is 0 Å². The first-order valence-electron chi connectivity index (χ1n) is 6.16. The molecule has 0 aliphatic carbocycles. The Morgan fingerprint density at radius 1 is 1.26 bits per heavy atom. The molecule has 2 heterocycles. The van der Waals surface area contributed by atoms with Crippen LogP contribution in [0.4, 0.5) is 11.4 Å². The molecule has 0 unspecified atom stereocenters. The van der Waals surface area contributed by atoms with Gasteiger partial charge < -0.3 is 4.90 Å². The quantitative estimate of drug-likeness (QED) is 0.624. The van der Waals surface area contributed by atoms with Crippen LogP contribution >= 0.6 is 0 Å². The van der Waals surface area contributed by atoms with Crippen LogP contribution in [-0.4, -0.2) is 16.5 Å². The first-order chi connectivity index (χ1) is 9.24. The first-order valence-corrected chi connectivity index (χ1v) is 6.16. The summed E-state index contributed by atoms with van der Waals surface area (Å²) in [7, 11) is 0. The van der Waals surface area contributed by atoms with Gasteiger partial charge in [0.1, 0.15) is 6.20 Å². The molecule has 1 aliphatic rings. The van der Waals surface area contributed by atoms with Crippen LogP contribution in [0.3, 0.4) is 0 Å². The topological polar surface area (TPSA) is 59.3 Å². The summed E-state index contributed by atoms with van der Waals surface area (Å²) < 4.78 is 0. The van der Waals surface area contributed by atoms with Crippen molar-refractivity contribution in [3.8, 4) is 0 Å². The van der Waals surface area contributed by atoms with Crippen LogP contribution in [0.25, 0.3) is 0 Å². The molecule has 0 spiro atoms. The molecule has 1 aliphatic heterocycles. The predicted molar refractivity (Wildman–Crippen MR) is 72.1 cm³/mol. The Hall–Kier alpha value is -2.43. The molecule has 0 amide bonds. The molecule has 1 aromatic heterocycles. The summed E-state index contributed by atoms with van der Waals surface area (Å²) in [5.74, 6) is 0. The minimum absolute atomic E-state index is 0.0329. The molecule has 0 radical (unpaired) electrons. The lowest BCUT2D eigenvalue weighted by molar-refractivity contribution is -0.385. The third kappa shape index (κ3) is 2.27. The van der Waals surface area contributed by atoms with E-state index >= 15 is 0 Å². The van der Waals surface area contributed by atoms with Crippen molar-refractivity contribution in [1.82, 2.24) is 4.98 Å². The number of hydrogen-bond donors (Lipinski definition) is 0. The van der Waals surface area contributed by atoms with Crippen LogP contribution in [0, 0.1) is 10.1 Å². The average molecular weight is 255 g/mol. The molecule has 5 nitrogen and oxygen atoms in total. The van der Waals surface area contributed by atoms with Crippen molar-refractivity contribution in [2.45, 2.75) is 13.0 Å². The number of pyridine rings is 1. The molecular weight excluding hydrogens is 242 g/mol. The van der Waals surface area contributed by atoms with Gasteiger partial charge in [-0.25, -0.2) is 0 Å². The summed E-state index contributed by atoms with van der Waals surface area (Å²) in [6.45, 7) is 1.66. The lowest BCUT2D eigenvalue weighted by atomic mass is 10.2. The summed E-state index contributed by atoms with van der Waals surface area (Å²) in [6, 6.07) is 11.5. The maximum absolute atomic E-state index is 10.6. The Balaban J connectivity index is 1.78. The van der Waals surface area contributed by atoms with E-state index < -0.39 is 4.92 Å². The number of fused-ring (bicyclic) bond motifs is 1. The van der Waals surface area contributed by atoms with Gasteiger partial charge in [0, 0.05) is 18.3 Å². The van der Waals surface area contributed by atoms with Crippen LogP contribution in [-0.2, 0) is 13.0 Å². The zero-order chi connectivity index (χ0) is 13.2. The third-order valence-corrected chi connectivity index (χ3v) is 3.36. The van der Waals surface area contributed by atoms with E-state index in [1.807, 2.05) is 12.1 Å². The Morgan fingerprint density at radius 3 is 2.84 bits per heavy atom. The van der Waals surface area contributed by atoms with Crippen LogP contribution < -0.4 is 4.90 Å². The summed E-state index contributed by atoms with van der Waals surface area (Å²) in [5, 5.41) is 10.6. The SMILES string of the molecule is O=[N+]([O-])c1ccc(CN2CCc3ccccc32)nc1. The first kappa shape index (κ1) is 11.6. The Kier molecular flexibility index (Phi) is 2.87. The van der Waals surface area contributed by atoms with Gasteiger partial charge in [-0.1, -0.05) is 18.2 Å². The highest BCUT2D eigenvalue weighted by atomic mass is 16.6. The van der Waals surface area contributed by atoms with Gasteiger partial charge in [-0.2, -0.15) is 0 Å². The highest BCUT2D eigenvalue weighted by Gasteiger charge is 2.18. The van der Waals surface area contributed by atoms with Crippen molar-refractivity contribution < 1.29 is 4.92 Å². The number of rotatable bonds is 3. The minimum atomic E-state index is -0.429. The van der Waals surface area contributed by atoms with E-state index in [4.69, 9.17) is 0 Å². The van der Waals surface area contributed by atoms with Crippen LogP contribution in [0.5, 0.6) is 0 Å². The summed E-state index contributed by atoms with van der Waals surface area (Å²) >= 11 is 0. The number of para-hydroxylation sites is 1. The number of benzene rings is 1. The average Bonchev–Trinajstić information content (AvgIpc) is 2.83. The van der Waals surface area contributed by atoms with E-state index in [0.717, 1.165) is 18.7 Å². The van der Waals surface area contributed by atoms with Crippen molar-refractivity contribution in [3.63, 3.8) is 0 Å². The van der Waals surface area contributed by atoms with Crippen molar-refractivity contribution in [2.75, 3.05) is 11.4 Å². The maximum Gasteiger partial charge on any atom is 0.287 e. The highest BCUT2D eigenvalue weighted by Crippen LogP contribution is 2.28. The highest BCUT2D eigenvalue weighted by molar-refractivity contribution is 5.57. The monoisotopic (exact) mass is 255 g/mol. The molecule has 5 heteroatoms. The van der Waals surface area contributed by atoms with Gasteiger partial charge in [0.15, 0.2) is 0 Å². The molecule has 2 aromatic rings. The van der Waals surface area contributed by atoms with Crippen molar-refractivity contribution in [2.24, 2.45) is 0 Å². The molecule has 96 valence electrons. The fourth-order valence-corrected chi connectivity index (χ4v) is 2.38. The number of nitro groups is 1. The van der Waals surface area contributed by atoms with E-state index in [1.165, 1.54) is 23.5 Å². The van der Waals surface area contributed by atoms with Gasteiger partial charge in [0.25, 0.3) is 5.69 Å². The zero-order valence-corrected chi connectivity index (χ0v) is 10.3. The third-order valence-electron chi connectivity index (χ3n) is 3.36. The zero-order valence-electron chi connectivity index (χ0n) is 10.3. The second-order valence-electron chi connectivity index (χ2n) is 4.57.